The lowest BCUT2D eigenvalue weighted by Gasteiger charge is -2.08. The molecule has 0 saturated heterocycles. The molecule has 1 aromatic carbocycles. The molecule has 0 unspecified atom stereocenters. The minimum Gasteiger partial charge on any atom is -0.309 e. The van der Waals surface area contributed by atoms with Crippen LogP contribution in [0.3, 0.4) is 0 Å². The van der Waals surface area contributed by atoms with Crippen LogP contribution >= 0.6 is 15.9 Å². The third-order valence-electron chi connectivity index (χ3n) is 4.53. The molecule has 0 spiro atoms. The molecule has 0 aromatic heterocycles. The Balaban J connectivity index is 2.00. The lowest BCUT2D eigenvalue weighted by Crippen LogP contribution is -2.21. The Kier molecular flexibility index (Phi) is 3.11. The molecule has 17 heavy (non-hydrogen) atoms. The molecule has 1 nitrogen and oxygen atoms in total. The monoisotopic (exact) mass is 299 g/mol. The molecule has 0 radical (unpaired) electrons. The van der Waals surface area contributed by atoms with Crippen LogP contribution in [0.25, 0.3) is 0 Å². The van der Waals surface area contributed by atoms with Crippen LogP contribution in [0.5, 0.6) is 0 Å². The second-order valence-corrected chi connectivity index (χ2v) is 6.85. The fourth-order valence-electron chi connectivity index (χ4n) is 2.58. The molecule has 0 aliphatic heterocycles. The lowest BCUT2D eigenvalue weighted by atomic mass is 10.0. The zero-order valence-electron chi connectivity index (χ0n) is 10.8. The molecular formula is C14H19BrFN. The third-order valence-corrected chi connectivity index (χ3v) is 5.27. The Hall–Kier alpha value is -0.410. The molecule has 94 valence electrons. The topological polar surface area (TPSA) is 12.0 Å². The van der Waals surface area contributed by atoms with Crippen molar-refractivity contribution in [1.29, 1.82) is 0 Å². The van der Waals surface area contributed by atoms with Crippen LogP contribution in [-0.4, -0.2) is 6.04 Å². The van der Waals surface area contributed by atoms with Gasteiger partial charge in [0.05, 0.1) is 0 Å². The lowest BCUT2D eigenvalue weighted by molar-refractivity contribution is 0.457. The van der Waals surface area contributed by atoms with E-state index in [0.29, 0.717) is 16.9 Å². The molecule has 0 bridgehead atoms. The molecule has 0 atom stereocenters. The highest BCUT2D eigenvalue weighted by Gasteiger charge is 2.64. The number of halogens is 2. The quantitative estimate of drug-likeness (QED) is 0.885. The molecule has 1 N–H and O–H groups in total. The van der Waals surface area contributed by atoms with E-state index in [4.69, 9.17) is 0 Å². The average molecular weight is 300 g/mol. The van der Waals surface area contributed by atoms with Crippen LogP contribution in [0.2, 0.25) is 0 Å². The van der Waals surface area contributed by atoms with Crippen molar-refractivity contribution in [3.63, 3.8) is 0 Å². The van der Waals surface area contributed by atoms with Gasteiger partial charge in [-0.05, 0) is 28.5 Å². The van der Waals surface area contributed by atoms with Crippen LogP contribution in [0, 0.1) is 16.6 Å². The van der Waals surface area contributed by atoms with E-state index in [2.05, 4.69) is 48.9 Å². The van der Waals surface area contributed by atoms with Crippen molar-refractivity contribution in [1.82, 2.24) is 5.32 Å². The SMILES string of the molecule is CC1(C)C(NCc2ccc(F)cc2Br)C1(C)C. The minimum absolute atomic E-state index is 0.201. The number of hydrogen-bond donors (Lipinski definition) is 1. The van der Waals surface area contributed by atoms with Crippen LogP contribution < -0.4 is 5.32 Å². The van der Waals surface area contributed by atoms with Gasteiger partial charge in [0, 0.05) is 17.1 Å². The van der Waals surface area contributed by atoms with E-state index in [1.54, 1.807) is 0 Å². The first-order valence-electron chi connectivity index (χ1n) is 5.94. The molecule has 2 rings (SSSR count). The van der Waals surface area contributed by atoms with E-state index in [9.17, 15) is 4.39 Å². The van der Waals surface area contributed by atoms with Crippen LogP contribution in [0.15, 0.2) is 22.7 Å². The van der Waals surface area contributed by atoms with Crippen molar-refractivity contribution in [2.24, 2.45) is 10.8 Å². The van der Waals surface area contributed by atoms with Crippen LogP contribution in [0.4, 0.5) is 4.39 Å². The van der Waals surface area contributed by atoms with Crippen molar-refractivity contribution < 1.29 is 4.39 Å². The zero-order chi connectivity index (χ0) is 12.8. The fraction of sp³-hybridized carbons (Fsp3) is 0.571. The smallest absolute Gasteiger partial charge is 0.124 e. The summed E-state index contributed by atoms with van der Waals surface area (Å²) in [6.45, 7) is 9.90. The predicted molar refractivity (Wildman–Crippen MR) is 72.3 cm³/mol. The first-order valence-corrected chi connectivity index (χ1v) is 6.73. The highest BCUT2D eigenvalue weighted by molar-refractivity contribution is 9.10. The van der Waals surface area contributed by atoms with E-state index in [1.165, 1.54) is 12.1 Å². The summed E-state index contributed by atoms with van der Waals surface area (Å²) in [6, 6.07) is 5.37. The highest BCUT2D eigenvalue weighted by atomic mass is 79.9. The largest absolute Gasteiger partial charge is 0.309 e. The molecule has 1 aliphatic rings. The van der Waals surface area contributed by atoms with Gasteiger partial charge >= 0.3 is 0 Å². The van der Waals surface area contributed by atoms with E-state index in [-0.39, 0.29) is 5.82 Å². The van der Waals surface area contributed by atoms with Crippen LogP contribution in [-0.2, 0) is 6.54 Å². The van der Waals surface area contributed by atoms with Crippen molar-refractivity contribution in [3.8, 4) is 0 Å². The summed E-state index contributed by atoms with van der Waals surface area (Å²) in [7, 11) is 0. The van der Waals surface area contributed by atoms with Gasteiger partial charge in [0.2, 0.25) is 0 Å². The molecule has 3 heteroatoms. The van der Waals surface area contributed by atoms with Crippen molar-refractivity contribution in [2.75, 3.05) is 0 Å². The Morgan fingerprint density at radius 3 is 2.29 bits per heavy atom. The Labute approximate surface area is 111 Å². The van der Waals surface area contributed by atoms with Crippen LogP contribution in [0.1, 0.15) is 33.3 Å². The molecule has 0 amide bonds. The Morgan fingerprint density at radius 2 is 1.82 bits per heavy atom. The number of rotatable bonds is 3. The van der Waals surface area contributed by atoms with Gasteiger partial charge in [-0.2, -0.15) is 0 Å². The van der Waals surface area contributed by atoms with Gasteiger partial charge in [0.1, 0.15) is 5.82 Å². The van der Waals surface area contributed by atoms with Gasteiger partial charge in [0.15, 0.2) is 0 Å². The summed E-state index contributed by atoms with van der Waals surface area (Å²) in [4.78, 5) is 0. The number of nitrogens with one attached hydrogen (secondary N) is 1. The second kappa shape index (κ2) is 4.06. The normalized spacial score (nSPS) is 21.5. The maximum atomic E-state index is 13.0. The van der Waals surface area contributed by atoms with Crippen molar-refractivity contribution in [3.05, 3.63) is 34.1 Å². The first-order chi connectivity index (χ1) is 7.76. The zero-order valence-corrected chi connectivity index (χ0v) is 12.4. The van der Waals surface area contributed by atoms with E-state index in [1.807, 2.05) is 6.07 Å². The molecule has 1 fully saturated rings. The van der Waals surface area contributed by atoms with Gasteiger partial charge in [-0.3, -0.25) is 0 Å². The summed E-state index contributed by atoms with van der Waals surface area (Å²) < 4.78 is 13.8. The molecule has 1 saturated carbocycles. The van der Waals surface area contributed by atoms with Crippen molar-refractivity contribution >= 4 is 15.9 Å². The van der Waals surface area contributed by atoms with Gasteiger partial charge < -0.3 is 5.32 Å². The summed E-state index contributed by atoms with van der Waals surface area (Å²) in [5.41, 5.74) is 1.77. The van der Waals surface area contributed by atoms with E-state index >= 15 is 0 Å². The Morgan fingerprint density at radius 1 is 1.24 bits per heavy atom. The number of benzene rings is 1. The Bertz CT molecular complexity index is 426. The summed E-state index contributed by atoms with van der Waals surface area (Å²) in [5.74, 6) is -0.201. The maximum Gasteiger partial charge on any atom is 0.124 e. The second-order valence-electron chi connectivity index (χ2n) is 5.99. The predicted octanol–water partition coefficient (Wildman–Crippen LogP) is 4.11. The molecule has 1 aliphatic carbocycles. The molecule has 0 heterocycles. The fourth-order valence-corrected chi connectivity index (χ4v) is 3.07. The van der Waals surface area contributed by atoms with E-state index in [0.717, 1.165) is 16.6 Å². The summed E-state index contributed by atoms with van der Waals surface area (Å²) >= 11 is 3.39. The van der Waals surface area contributed by atoms with Gasteiger partial charge in [-0.25, -0.2) is 4.39 Å². The van der Waals surface area contributed by atoms with Gasteiger partial charge in [-0.1, -0.05) is 49.7 Å². The highest BCUT2D eigenvalue weighted by Crippen LogP contribution is 2.62. The standard InChI is InChI=1S/C14H19BrFN/c1-13(2)12(14(13,3)4)17-8-9-5-6-10(16)7-11(9)15/h5-7,12,17H,8H2,1-4H3. The first kappa shape index (κ1) is 13.0. The van der Waals surface area contributed by atoms with Gasteiger partial charge in [-0.15, -0.1) is 0 Å². The number of hydrogen-bond acceptors (Lipinski definition) is 1. The molecule has 1 aromatic rings. The average Bonchev–Trinajstić information content (AvgIpc) is 2.58. The maximum absolute atomic E-state index is 13.0. The summed E-state index contributed by atoms with van der Waals surface area (Å²) in [5, 5.41) is 3.56. The summed E-state index contributed by atoms with van der Waals surface area (Å²) in [6.07, 6.45) is 0. The molecular weight excluding hydrogens is 281 g/mol. The van der Waals surface area contributed by atoms with Gasteiger partial charge in [0.25, 0.3) is 0 Å². The minimum atomic E-state index is -0.201. The third kappa shape index (κ3) is 2.15. The van der Waals surface area contributed by atoms with E-state index < -0.39 is 0 Å². The van der Waals surface area contributed by atoms with Crippen molar-refractivity contribution in [2.45, 2.75) is 40.3 Å².